The number of esters is 3. The van der Waals surface area contributed by atoms with Crippen molar-refractivity contribution in [1.29, 1.82) is 0 Å². The highest BCUT2D eigenvalue weighted by molar-refractivity contribution is 7.18. The van der Waals surface area contributed by atoms with Crippen molar-refractivity contribution in [3.8, 4) is 0 Å². The summed E-state index contributed by atoms with van der Waals surface area (Å²) in [6.07, 6.45) is 0. The van der Waals surface area contributed by atoms with Gasteiger partial charge in [0.25, 0.3) is 0 Å². The van der Waals surface area contributed by atoms with E-state index in [4.69, 9.17) is 10.5 Å². The summed E-state index contributed by atoms with van der Waals surface area (Å²) in [7, 11) is 2.35. The van der Waals surface area contributed by atoms with Crippen LogP contribution in [0.2, 0.25) is 0 Å². The molecule has 0 bridgehead atoms. The Bertz CT molecular complexity index is 936. The maximum absolute atomic E-state index is 12.4. The number of carbonyl (C=O) groups excluding carboxylic acids is 4. The molecule has 2 aromatic rings. The second kappa shape index (κ2) is 9.00. The molecule has 0 aliphatic carbocycles. The molecule has 0 saturated heterocycles. The molecule has 10 heteroatoms. The van der Waals surface area contributed by atoms with Crippen LogP contribution in [-0.2, 0) is 25.6 Å². The van der Waals surface area contributed by atoms with Crippen LogP contribution < -0.4 is 11.1 Å². The Balaban J connectivity index is 2.28. The van der Waals surface area contributed by atoms with Crippen molar-refractivity contribution in [3.63, 3.8) is 0 Å². The topological polar surface area (TPSA) is 134 Å². The summed E-state index contributed by atoms with van der Waals surface area (Å²) in [4.78, 5) is 47.5. The summed E-state index contributed by atoms with van der Waals surface area (Å²) in [6, 6.07) is 6.12. The molecule has 0 unspecified atom stereocenters. The van der Waals surface area contributed by atoms with E-state index in [9.17, 15) is 19.2 Å². The van der Waals surface area contributed by atoms with Crippen molar-refractivity contribution in [2.24, 2.45) is 0 Å². The number of hydrogen-bond acceptors (Lipinski definition) is 9. The van der Waals surface area contributed by atoms with E-state index in [0.717, 1.165) is 11.3 Å². The van der Waals surface area contributed by atoms with Gasteiger partial charge in [0.1, 0.15) is 22.0 Å². The van der Waals surface area contributed by atoms with Crippen LogP contribution in [0, 0.1) is 0 Å². The average molecular weight is 406 g/mol. The minimum atomic E-state index is -0.761. The predicted octanol–water partition coefficient (Wildman–Crippen LogP) is 2.22. The van der Waals surface area contributed by atoms with Crippen LogP contribution in [0.15, 0.2) is 24.3 Å². The lowest BCUT2D eigenvalue weighted by Crippen LogP contribution is -2.13. The zero-order valence-electron chi connectivity index (χ0n) is 15.4. The maximum atomic E-state index is 12.4. The third-order valence-electron chi connectivity index (χ3n) is 3.56. The Labute approximate surface area is 164 Å². The summed E-state index contributed by atoms with van der Waals surface area (Å²) < 4.78 is 14.6. The number of rotatable bonds is 6. The molecular weight excluding hydrogens is 388 g/mol. The van der Waals surface area contributed by atoms with Gasteiger partial charge in [-0.25, -0.2) is 14.4 Å². The Morgan fingerprint density at radius 3 is 2.36 bits per heavy atom. The predicted molar refractivity (Wildman–Crippen MR) is 101 cm³/mol. The summed E-state index contributed by atoms with van der Waals surface area (Å²) in [6.45, 7) is 0.945. The van der Waals surface area contributed by atoms with Gasteiger partial charge in [0.15, 0.2) is 0 Å². The first-order valence-electron chi connectivity index (χ1n) is 7.91. The number of methoxy groups -OCH3 is 2. The maximum Gasteiger partial charge on any atom is 0.348 e. The van der Waals surface area contributed by atoms with Crippen molar-refractivity contribution in [2.45, 2.75) is 13.5 Å². The van der Waals surface area contributed by atoms with Crippen molar-refractivity contribution in [3.05, 3.63) is 45.8 Å². The first-order chi connectivity index (χ1) is 13.3. The molecule has 0 spiro atoms. The van der Waals surface area contributed by atoms with Gasteiger partial charge in [0.05, 0.1) is 19.8 Å². The van der Waals surface area contributed by atoms with E-state index in [1.54, 1.807) is 12.1 Å². The van der Waals surface area contributed by atoms with Crippen LogP contribution in [0.5, 0.6) is 0 Å². The van der Waals surface area contributed by atoms with Crippen molar-refractivity contribution >= 4 is 45.8 Å². The lowest BCUT2D eigenvalue weighted by atomic mass is 10.1. The summed E-state index contributed by atoms with van der Waals surface area (Å²) in [5.74, 6) is -2.48. The third kappa shape index (κ3) is 4.65. The standard InChI is InChI=1S/C18H18N2O7S/c1-9(21)20-11-6-4-5-10(7-11)16(22)27-8-12-13(17(23)25-2)15(19)28-14(12)18(24)26-3/h4-7H,8,19H2,1-3H3,(H,20,21). The number of nitrogen functional groups attached to an aromatic ring is 1. The smallest absolute Gasteiger partial charge is 0.348 e. The monoisotopic (exact) mass is 406 g/mol. The molecule has 1 amide bonds. The molecule has 3 N–H and O–H groups in total. The highest BCUT2D eigenvalue weighted by atomic mass is 32.1. The lowest BCUT2D eigenvalue weighted by Gasteiger charge is -2.09. The summed E-state index contributed by atoms with van der Waals surface area (Å²) in [5, 5.41) is 2.60. The van der Waals surface area contributed by atoms with Gasteiger partial charge in [-0.1, -0.05) is 6.07 Å². The number of carbonyl (C=O) groups is 4. The van der Waals surface area contributed by atoms with Gasteiger partial charge in [-0.2, -0.15) is 0 Å². The number of thiophene rings is 1. The van der Waals surface area contributed by atoms with E-state index in [-0.39, 0.29) is 32.5 Å². The number of anilines is 2. The van der Waals surface area contributed by atoms with Gasteiger partial charge in [-0.3, -0.25) is 4.79 Å². The third-order valence-corrected chi connectivity index (χ3v) is 4.60. The normalized spacial score (nSPS) is 10.1. The van der Waals surface area contributed by atoms with E-state index in [1.807, 2.05) is 0 Å². The molecule has 0 fully saturated rings. The van der Waals surface area contributed by atoms with Crippen LogP contribution in [0.1, 0.15) is 42.9 Å². The molecular formula is C18H18N2O7S. The Morgan fingerprint density at radius 2 is 1.75 bits per heavy atom. The Morgan fingerprint density at radius 1 is 1.07 bits per heavy atom. The van der Waals surface area contributed by atoms with E-state index in [2.05, 4.69) is 14.8 Å². The first kappa shape index (κ1) is 20.9. The Hall–Kier alpha value is -3.40. The van der Waals surface area contributed by atoms with E-state index in [1.165, 1.54) is 33.3 Å². The van der Waals surface area contributed by atoms with Crippen LogP contribution in [0.4, 0.5) is 10.7 Å². The van der Waals surface area contributed by atoms with Crippen LogP contribution in [0.25, 0.3) is 0 Å². The highest BCUT2D eigenvalue weighted by Crippen LogP contribution is 2.33. The number of nitrogens with two attached hydrogens (primary N) is 1. The van der Waals surface area contributed by atoms with Gasteiger partial charge in [-0.15, -0.1) is 11.3 Å². The highest BCUT2D eigenvalue weighted by Gasteiger charge is 2.28. The minimum absolute atomic E-state index is 0.0418. The molecule has 1 heterocycles. The molecule has 0 saturated carbocycles. The van der Waals surface area contributed by atoms with Crippen molar-refractivity contribution < 1.29 is 33.4 Å². The molecule has 0 radical (unpaired) electrons. The average Bonchev–Trinajstić information content (AvgIpc) is 3.00. The molecule has 0 atom stereocenters. The molecule has 0 aliphatic heterocycles. The molecule has 0 aliphatic rings. The van der Waals surface area contributed by atoms with Crippen molar-refractivity contribution in [2.75, 3.05) is 25.3 Å². The number of amides is 1. The molecule has 9 nitrogen and oxygen atoms in total. The zero-order chi connectivity index (χ0) is 20.8. The van der Waals surface area contributed by atoms with E-state index in [0.29, 0.717) is 5.69 Å². The van der Waals surface area contributed by atoms with Gasteiger partial charge in [0.2, 0.25) is 5.91 Å². The Kier molecular flexibility index (Phi) is 6.72. The lowest BCUT2D eigenvalue weighted by molar-refractivity contribution is -0.114. The molecule has 148 valence electrons. The fourth-order valence-corrected chi connectivity index (χ4v) is 3.33. The van der Waals surface area contributed by atoms with Crippen molar-refractivity contribution in [1.82, 2.24) is 0 Å². The van der Waals surface area contributed by atoms with Gasteiger partial charge >= 0.3 is 17.9 Å². The van der Waals surface area contributed by atoms with E-state index < -0.39 is 24.5 Å². The van der Waals surface area contributed by atoms with Crippen LogP contribution in [0.3, 0.4) is 0 Å². The van der Waals surface area contributed by atoms with Gasteiger partial charge in [-0.05, 0) is 18.2 Å². The van der Waals surface area contributed by atoms with Gasteiger partial charge < -0.3 is 25.3 Å². The second-order valence-corrected chi connectivity index (χ2v) is 6.52. The molecule has 28 heavy (non-hydrogen) atoms. The van der Waals surface area contributed by atoms with Crippen LogP contribution >= 0.6 is 11.3 Å². The summed E-state index contributed by atoms with van der Waals surface area (Å²) in [5.41, 5.74) is 6.48. The zero-order valence-corrected chi connectivity index (χ0v) is 16.2. The number of benzene rings is 1. The number of ether oxygens (including phenoxy) is 3. The SMILES string of the molecule is COC(=O)c1sc(N)c(C(=O)OC)c1COC(=O)c1cccc(NC(C)=O)c1. The minimum Gasteiger partial charge on any atom is -0.465 e. The van der Waals surface area contributed by atoms with E-state index >= 15 is 0 Å². The summed E-state index contributed by atoms with van der Waals surface area (Å²) >= 11 is 0.838. The fraction of sp³-hybridized carbons (Fsp3) is 0.222. The number of nitrogens with one attached hydrogen (secondary N) is 1. The quantitative estimate of drug-likeness (QED) is 0.551. The first-order valence-corrected chi connectivity index (χ1v) is 8.72. The molecule has 2 rings (SSSR count). The largest absolute Gasteiger partial charge is 0.465 e. The van der Waals surface area contributed by atoms with Gasteiger partial charge in [0, 0.05) is 18.2 Å². The number of hydrogen-bond donors (Lipinski definition) is 2. The van der Waals surface area contributed by atoms with Crippen LogP contribution in [-0.4, -0.2) is 38.0 Å². The molecule has 1 aromatic heterocycles. The fourth-order valence-electron chi connectivity index (χ4n) is 2.35. The second-order valence-electron chi connectivity index (χ2n) is 5.47. The molecule has 1 aromatic carbocycles.